The van der Waals surface area contributed by atoms with Gasteiger partial charge >= 0.3 is 0 Å². The molecule has 1 aliphatic heterocycles. The molecule has 170 valence electrons. The first-order valence-corrected chi connectivity index (χ1v) is 12.8. The van der Waals surface area contributed by atoms with E-state index in [4.69, 9.17) is 0 Å². The molecule has 8 nitrogen and oxygen atoms in total. The molecule has 0 atom stereocenters. The van der Waals surface area contributed by atoms with Gasteiger partial charge in [0.15, 0.2) is 5.13 Å². The minimum Gasteiger partial charge on any atom is -0.346 e. The monoisotopic (exact) mass is 479 g/mol. The summed E-state index contributed by atoms with van der Waals surface area (Å²) in [6, 6.07) is 9.84. The Morgan fingerprint density at radius 1 is 1.12 bits per heavy atom. The van der Waals surface area contributed by atoms with Crippen molar-refractivity contribution in [1.29, 1.82) is 0 Å². The number of thiazole rings is 1. The summed E-state index contributed by atoms with van der Waals surface area (Å²) in [5, 5.41) is 8.26. The molecular weight excluding hydrogens is 454 g/mol. The van der Waals surface area contributed by atoms with Gasteiger partial charge in [-0.15, -0.1) is 16.4 Å². The lowest BCUT2D eigenvalue weighted by Crippen LogP contribution is -2.35. The van der Waals surface area contributed by atoms with E-state index in [1.165, 1.54) is 11.8 Å². The van der Waals surface area contributed by atoms with Crippen molar-refractivity contribution in [2.24, 2.45) is 0 Å². The molecule has 0 radical (unpaired) electrons. The lowest BCUT2D eigenvalue weighted by Gasteiger charge is -2.22. The Hall–Kier alpha value is -2.98. The summed E-state index contributed by atoms with van der Waals surface area (Å²) < 4.78 is 1.76. The van der Waals surface area contributed by atoms with Gasteiger partial charge in [-0.3, -0.25) is 4.79 Å². The molecule has 0 aliphatic carbocycles. The van der Waals surface area contributed by atoms with E-state index in [-0.39, 0.29) is 5.91 Å². The molecule has 0 bridgehead atoms. The topological polar surface area (TPSA) is 79.5 Å². The SMILES string of the molecule is Cc1cc(C)n2nc(SCc3ccccc3C(=O)N3CCCN(c4nccs4)CC3)nc2n1. The van der Waals surface area contributed by atoms with Gasteiger partial charge in [0.25, 0.3) is 11.7 Å². The average molecular weight is 480 g/mol. The van der Waals surface area contributed by atoms with Gasteiger partial charge in [-0.05, 0) is 38.0 Å². The van der Waals surface area contributed by atoms with Crippen molar-refractivity contribution in [2.75, 3.05) is 31.1 Å². The van der Waals surface area contributed by atoms with Crippen molar-refractivity contribution in [1.82, 2.24) is 29.5 Å². The predicted molar refractivity (Wildman–Crippen MR) is 131 cm³/mol. The minimum absolute atomic E-state index is 0.0864. The normalized spacial score (nSPS) is 14.6. The highest BCUT2D eigenvalue weighted by Crippen LogP contribution is 2.25. The third-order valence-electron chi connectivity index (χ3n) is 5.68. The molecule has 3 aromatic heterocycles. The molecule has 0 N–H and O–H groups in total. The molecule has 0 spiro atoms. The van der Waals surface area contributed by atoms with Crippen LogP contribution < -0.4 is 4.90 Å². The zero-order chi connectivity index (χ0) is 22.8. The second-order valence-corrected chi connectivity index (χ2v) is 9.85. The summed E-state index contributed by atoms with van der Waals surface area (Å²) in [5.74, 6) is 1.31. The van der Waals surface area contributed by atoms with Crippen LogP contribution >= 0.6 is 23.1 Å². The molecule has 5 rings (SSSR count). The Bertz CT molecular complexity index is 1270. The van der Waals surface area contributed by atoms with Gasteiger partial charge in [0, 0.05) is 60.5 Å². The molecule has 1 aromatic carbocycles. The summed E-state index contributed by atoms with van der Waals surface area (Å²) in [4.78, 5) is 31.1. The molecule has 0 saturated carbocycles. The number of rotatable bonds is 5. The van der Waals surface area contributed by atoms with Crippen LogP contribution in [0, 0.1) is 13.8 Å². The molecule has 1 aliphatic rings. The second-order valence-electron chi connectivity index (χ2n) is 8.04. The number of fused-ring (bicyclic) bond motifs is 1. The van der Waals surface area contributed by atoms with Gasteiger partial charge in [-0.25, -0.2) is 14.5 Å². The van der Waals surface area contributed by atoms with E-state index in [1.54, 1.807) is 15.9 Å². The fraction of sp³-hybridized carbons (Fsp3) is 0.348. The fourth-order valence-corrected chi connectivity index (χ4v) is 5.58. The molecule has 0 unspecified atom stereocenters. The third-order valence-corrected chi connectivity index (χ3v) is 7.40. The number of hydrogen-bond acceptors (Lipinski definition) is 8. The van der Waals surface area contributed by atoms with Crippen LogP contribution in [-0.4, -0.2) is 61.6 Å². The van der Waals surface area contributed by atoms with Gasteiger partial charge in [0.2, 0.25) is 5.16 Å². The first-order chi connectivity index (χ1) is 16.1. The molecule has 10 heteroatoms. The van der Waals surface area contributed by atoms with Crippen LogP contribution in [0.4, 0.5) is 5.13 Å². The van der Waals surface area contributed by atoms with Gasteiger partial charge in [0.05, 0.1) is 0 Å². The van der Waals surface area contributed by atoms with Crippen molar-refractivity contribution in [3.8, 4) is 0 Å². The number of nitrogens with zero attached hydrogens (tertiary/aromatic N) is 7. The van der Waals surface area contributed by atoms with E-state index in [2.05, 4.69) is 25.0 Å². The van der Waals surface area contributed by atoms with Crippen LogP contribution in [0.3, 0.4) is 0 Å². The lowest BCUT2D eigenvalue weighted by molar-refractivity contribution is 0.0766. The molecule has 4 heterocycles. The highest BCUT2D eigenvalue weighted by atomic mass is 32.2. The van der Waals surface area contributed by atoms with E-state index in [0.717, 1.165) is 53.7 Å². The van der Waals surface area contributed by atoms with E-state index in [9.17, 15) is 4.79 Å². The number of aromatic nitrogens is 5. The van der Waals surface area contributed by atoms with Crippen LogP contribution in [0.2, 0.25) is 0 Å². The van der Waals surface area contributed by atoms with E-state index in [1.807, 2.05) is 60.7 Å². The van der Waals surface area contributed by atoms with Crippen LogP contribution in [-0.2, 0) is 5.75 Å². The number of benzene rings is 1. The van der Waals surface area contributed by atoms with Crippen molar-refractivity contribution in [3.05, 3.63) is 64.4 Å². The molecule has 1 fully saturated rings. The first-order valence-electron chi connectivity index (χ1n) is 10.9. The smallest absolute Gasteiger partial charge is 0.254 e. The maximum atomic E-state index is 13.4. The quantitative estimate of drug-likeness (QED) is 0.402. The maximum absolute atomic E-state index is 13.4. The molecular formula is C23H25N7OS2. The largest absolute Gasteiger partial charge is 0.346 e. The van der Waals surface area contributed by atoms with Gasteiger partial charge in [0.1, 0.15) is 0 Å². The van der Waals surface area contributed by atoms with Gasteiger partial charge < -0.3 is 9.80 Å². The van der Waals surface area contributed by atoms with Crippen LogP contribution in [0.5, 0.6) is 0 Å². The average Bonchev–Trinajstić information content (AvgIpc) is 3.42. The maximum Gasteiger partial charge on any atom is 0.254 e. The number of hydrogen-bond donors (Lipinski definition) is 0. The Kier molecular flexibility index (Phi) is 6.28. The second kappa shape index (κ2) is 9.48. The number of aryl methyl sites for hydroxylation is 2. The summed E-state index contributed by atoms with van der Waals surface area (Å²) >= 11 is 3.17. The number of carbonyl (C=O) groups excluding carboxylic acids is 1. The zero-order valence-electron chi connectivity index (χ0n) is 18.6. The van der Waals surface area contributed by atoms with Crippen LogP contribution in [0.25, 0.3) is 5.78 Å². The summed E-state index contributed by atoms with van der Waals surface area (Å²) in [7, 11) is 0. The molecule has 1 saturated heterocycles. The van der Waals surface area contributed by atoms with Crippen LogP contribution in [0.15, 0.2) is 47.1 Å². The Balaban J connectivity index is 1.29. The van der Waals surface area contributed by atoms with Gasteiger partial charge in [-0.2, -0.15) is 4.98 Å². The van der Waals surface area contributed by atoms with E-state index >= 15 is 0 Å². The molecule has 33 heavy (non-hydrogen) atoms. The lowest BCUT2D eigenvalue weighted by atomic mass is 10.1. The predicted octanol–water partition coefficient (Wildman–Crippen LogP) is 3.84. The molecule has 4 aromatic rings. The van der Waals surface area contributed by atoms with Crippen LogP contribution in [0.1, 0.15) is 33.7 Å². The highest BCUT2D eigenvalue weighted by Gasteiger charge is 2.23. The standard InChI is InChI=1S/C23H25N7OS2/c1-16-14-17(2)30-21(25-16)26-22(27-30)33-15-18-6-3-4-7-19(18)20(31)28-9-5-10-29(12-11-28)23-24-8-13-32-23/h3-4,6-8,13-14H,5,9-12,15H2,1-2H3. The Labute approximate surface area is 200 Å². The van der Waals surface area contributed by atoms with E-state index in [0.29, 0.717) is 23.2 Å². The summed E-state index contributed by atoms with van der Waals surface area (Å²) in [5.41, 5.74) is 3.67. The fourth-order valence-electron chi connectivity index (χ4n) is 4.06. The Morgan fingerprint density at radius 2 is 2.00 bits per heavy atom. The number of carbonyl (C=O) groups is 1. The molecule has 1 amide bonds. The zero-order valence-corrected chi connectivity index (χ0v) is 20.3. The number of thioether (sulfide) groups is 1. The highest BCUT2D eigenvalue weighted by molar-refractivity contribution is 7.98. The van der Waals surface area contributed by atoms with Crippen molar-refractivity contribution >= 4 is 39.9 Å². The van der Waals surface area contributed by atoms with Gasteiger partial charge in [-0.1, -0.05) is 30.0 Å². The number of amides is 1. The third kappa shape index (κ3) is 4.72. The first kappa shape index (κ1) is 21.8. The minimum atomic E-state index is 0.0864. The van der Waals surface area contributed by atoms with Crippen molar-refractivity contribution in [2.45, 2.75) is 31.2 Å². The Morgan fingerprint density at radius 3 is 2.85 bits per heavy atom. The summed E-state index contributed by atoms with van der Waals surface area (Å²) in [6.07, 6.45) is 2.76. The van der Waals surface area contributed by atoms with Crippen molar-refractivity contribution in [3.63, 3.8) is 0 Å². The number of anilines is 1. The summed E-state index contributed by atoms with van der Waals surface area (Å²) in [6.45, 7) is 7.11. The van der Waals surface area contributed by atoms with E-state index < -0.39 is 0 Å². The van der Waals surface area contributed by atoms with Crippen molar-refractivity contribution < 1.29 is 4.79 Å².